The normalized spacial score (nSPS) is 16.1. The third-order valence-corrected chi connectivity index (χ3v) is 2.89. The first kappa shape index (κ1) is 10.8. The summed E-state index contributed by atoms with van der Waals surface area (Å²) in [6, 6.07) is 5.72. The molecule has 0 bridgehead atoms. The summed E-state index contributed by atoms with van der Waals surface area (Å²) in [6.07, 6.45) is 3.77. The molecule has 92 valence electrons. The topological polar surface area (TPSA) is 66.7 Å². The van der Waals surface area contributed by atoms with Gasteiger partial charge in [-0.05, 0) is 12.1 Å². The molecule has 1 N–H and O–H groups in total. The standard InChI is InChI=1S/C12H12N4O2/c17-11-8-16(12(18)5-13-11)7-9-6-15-4-2-1-3-10(15)14-9/h1-4,6H,5,7-8H2,(H,13,17). The fraction of sp³-hybridized carbons (Fsp3) is 0.250. The van der Waals surface area contributed by atoms with E-state index in [9.17, 15) is 9.59 Å². The molecule has 2 aromatic rings. The average molecular weight is 244 g/mol. The molecule has 0 radical (unpaired) electrons. The first-order valence-electron chi connectivity index (χ1n) is 5.69. The largest absolute Gasteiger partial charge is 0.345 e. The number of fused-ring (bicyclic) bond motifs is 1. The Morgan fingerprint density at radius 1 is 1.33 bits per heavy atom. The summed E-state index contributed by atoms with van der Waals surface area (Å²) in [5, 5.41) is 2.52. The molecule has 1 aliphatic rings. The van der Waals surface area contributed by atoms with E-state index in [2.05, 4.69) is 10.3 Å². The third-order valence-electron chi connectivity index (χ3n) is 2.89. The second-order valence-electron chi connectivity index (χ2n) is 4.22. The van der Waals surface area contributed by atoms with Gasteiger partial charge >= 0.3 is 0 Å². The summed E-state index contributed by atoms with van der Waals surface area (Å²) in [5.41, 5.74) is 1.62. The lowest BCUT2D eigenvalue weighted by molar-refractivity contribution is -0.141. The molecule has 1 saturated heterocycles. The van der Waals surface area contributed by atoms with Gasteiger partial charge in [-0.2, -0.15) is 0 Å². The van der Waals surface area contributed by atoms with Gasteiger partial charge in [-0.25, -0.2) is 4.98 Å². The Bertz CT molecular complexity index is 586. The summed E-state index contributed by atoms with van der Waals surface area (Å²) in [5.74, 6) is -0.204. The van der Waals surface area contributed by atoms with Crippen LogP contribution in [0.3, 0.4) is 0 Å². The molecule has 1 fully saturated rings. The van der Waals surface area contributed by atoms with Gasteiger partial charge in [0.1, 0.15) is 5.65 Å². The van der Waals surface area contributed by atoms with E-state index in [0.29, 0.717) is 6.54 Å². The minimum absolute atomic E-state index is 0.0756. The summed E-state index contributed by atoms with van der Waals surface area (Å²) in [6.45, 7) is 0.548. The van der Waals surface area contributed by atoms with Crippen molar-refractivity contribution in [2.24, 2.45) is 0 Å². The molecule has 0 unspecified atom stereocenters. The molecular formula is C12H12N4O2. The van der Waals surface area contributed by atoms with Gasteiger partial charge in [0, 0.05) is 12.4 Å². The molecule has 6 heteroatoms. The maximum atomic E-state index is 11.6. The van der Waals surface area contributed by atoms with E-state index in [-0.39, 0.29) is 24.9 Å². The van der Waals surface area contributed by atoms with Crippen molar-refractivity contribution < 1.29 is 9.59 Å². The molecule has 0 spiro atoms. The van der Waals surface area contributed by atoms with Crippen LogP contribution in [0.25, 0.3) is 5.65 Å². The van der Waals surface area contributed by atoms with Crippen molar-refractivity contribution in [1.82, 2.24) is 19.6 Å². The van der Waals surface area contributed by atoms with Crippen LogP contribution in [0, 0.1) is 0 Å². The van der Waals surface area contributed by atoms with Gasteiger partial charge in [0.05, 0.1) is 25.3 Å². The maximum Gasteiger partial charge on any atom is 0.242 e. The average Bonchev–Trinajstić information content (AvgIpc) is 2.76. The third kappa shape index (κ3) is 1.92. The highest BCUT2D eigenvalue weighted by Gasteiger charge is 2.23. The molecule has 2 amide bonds. The van der Waals surface area contributed by atoms with Crippen LogP contribution < -0.4 is 5.32 Å². The number of hydrogen-bond acceptors (Lipinski definition) is 3. The highest BCUT2D eigenvalue weighted by Crippen LogP contribution is 2.08. The van der Waals surface area contributed by atoms with Gasteiger partial charge in [-0.15, -0.1) is 0 Å². The molecule has 0 saturated carbocycles. The van der Waals surface area contributed by atoms with Crippen LogP contribution in [0.1, 0.15) is 5.69 Å². The Balaban J connectivity index is 1.83. The van der Waals surface area contributed by atoms with Crippen molar-refractivity contribution in [3.05, 3.63) is 36.3 Å². The van der Waals surface area contributed by atoms with Crippen LogP contribution in [0.2, 0.25) is 0 Å². The van der Waals surface area contributed by atoms with Crippen LogP contribution in [0.15, 0.2) is 30.6 Å². The Kier molecular flexibility index (Phi) is 2.47. The van der Waals surface area contributed by atoms with Crippen LogP contribution in [-0.4, -0.2) is 39.2 Å². The summed E-state index contributed by atoms with van der Waals surface area (Å²) >= 11 is 0. The van der Waals surface area contributed by atoms with Gasteiger partial charge in [0.15, 0.2) is 0 Å². The maximum absolute atomic E-state index is 11.6. The Labute approximate surface area is 103 Å². The lowest BCUT2D eigenvalue weighted by Crippen LogP contribution is -2.51. The minimum atomic E-state index is -0.127. The van der Waals surface area contributed by atoms with Gasteiger partial charge in [0.2, 0.25) is 11.8 Å². The lowest BCUT2D eigenvalue weighted by Gasteiger charge is -2.25. The van der Waals surface area contributed by atoms with Crippen LogP contribution in [0.4, 0.5) is 0 Å². The fourth-order valence-corrected chi connectivity index (χ4v) is 2.01. The quantitative estimate of drug-likeness (QED) is 0.795. The number of nitrogens with one attached hydrogen (secondary N) is 1. The summed E-state index contributed by atoms with van der Waals surface area (Å²) < 4.78 is 1.89. The van der Waals surface area contributed by atoms with Crippen LogP contribution in [0.5, 0.6) is 0 Å². The molecule has 3 rings (SSSR count). The van der Waals surface area contributed by atoms with Gasteiger partial charge in [-0.3, -0.25) is 9.59 Å². The number of nitrogens with zero attached hydrogens (tertiary/aromatic N) is 3. The number of imidazole rings is 1. The van der Waals surface area contributed by atoms with E-state index in [0.717, 1.165) is 11.3 Å². The van der Waals surface area contributed by atoms with Crippen molar-refractivity contribution in [2.75, 3.05) is 13.1 Å². The number of carbonyl (C=O) groups excluding carboxylic acids is 2. The van der Waals surface area contributed by atoms with Gasteiger partial charge in [0.25, 0.3) is 0 Å². The monoisotopic (exact) mass is 244 g/mol. The summed E-state index contributed by atoms with van der Waals surface area (Å²) in [7, 11) is 0. The predicted molar refractivity (Wildman–Crippen MR) is 63.6 cm³/mol. The molecular weight excluding hydrogens is 232 g/mol. The zero-order valence-corrected chi connectivity index (χ0v) is 9.67. The SMILES string of the molecule is O=C1CN(Cc2cn3ccccc3n2)C(=O)CN1. The lowest BCUT2D eigenvalue weighted by atomic mass is 10.3. The van der Waals surface area contributed by atoms with Crippen molar-refractivity contribution in [3.63, 3.8) is 0 Å². The Morgan fingerprint density at radius 2 is 2.22 bits per heavy atom. The second-order valence-corrected chi connectivity index (χ2v) is 4.22. The minimum Gasteiger partial charge on any atom is -0.345 e. The van der Waals surface area contributed by atoms with E-state index in [4.69, 9.17) is 0 Å². The molecule has 18 heavy (non-hydrogen) atoms. The first-order valence-corrected chi connectivity index (χ1v) is 5.69. The molecule has 3 heterocycles. The van der Waals surface area contributed by atoms with Gasteiger partial charge in [-0.1, -0.05) is 6.07 Å². The van der Waals surface area contributed by atoms with Gasteiger partial charge < -0.3 is 14.6 Å². The van der Waals surface area contributed by atoms with E-state index in [1.54, 1.807) is 0 Å². The first-order chi connectivity index (χ1) is 8.72. The summed E-state index contributed by atoms with van der Waals surface area (Å²) in [4.78, 5) is 28.8. The molecule has 0 aromatic carbocycles. The second kappa shape index (κ2) is 4.14. The highest BCUT2D eigenvalue weighted by molar-refractivity contribution is 5.92. The molecule has 0 atom stereocenters. The zero-order valence-electron chi connectivity index (χ0n) is 9.67. The predicted octanol–water partition coefficient (Wildman–Crippen LogP) is -0.207. The number of rotatable bonds is 2. The molecule has 1 aliphatic heterocycles. The van der Waals surface area contributed by atoms with Crippen LogP contribution >= 0.6 is 0 Å². The van der Waals surface area contributed by atoms with Crippen molar-refractivity contribution in [1.29, 1.82) is 0 Å². The van der Waals surface area contributed by atoms with E-state index < -0.39 is 0 Å². The molecule has 0 aliphatic carbocycles. The Morgan fingerprint density at radius 3 is 3.06 bits per heavy atom. The van der Waals surface area contributed by atoms with Crippen molar-refractivity contribution in [3.8, 4) is 0 Å². The number of hydrogen-bond donors (Lipinski definition) is 1. The van der Waals surface area contributed by atoms with Crippen LogP contribution in [-0.2, 0) is 16.1 Å². The molecule has 6 nitrogen and oxygen atoms in total. The van der Waals surface area contributed by atoms with E-state index in [1.807, 2.05) is 35.0 Å². The Hall–Kier alpha value is -2.37. The van der Waals surface area contributed by atoms with Crippen molar-refractivity contribution in [2.45, 2.75) is 6.54 Å². The molecule has 2 aromatic heterocycles. The number of piperazine rings is 1. The van der Waals surface area contributed by atoms with E-state index >= 15 is 0 Å². The number of pyridine rings is 1. The zero-order chi connectivity index (χ0) is 12.5. The highest BCUT2D eigenvalue weighted by atomic mass is 16.2. The number of aromatic nitrogens is 2. The van der Waals surface area contributed by atoms with E-state index in [1.165, 1.54) is 4.90 Å². The number of amides is 2. The number of carbonyl (C=O) groups is 2. The fourth-order valence-electron chi connectivity index (χ4n) is 2.01. The van der Waals surface area contributed by atoms with Crippen molar-refractivity contribution >= 4 is 17.5 Å². The smallest absolute Gasteiger partial charge is 0.242 e.